The van der Waals surface area contributed by atoms with Gasteiger partial charge in [-0.15, -0.1) is 0 Å². The van der Waals surface area contributed by atoms with Gasteiger partial charge in [-0.3, -0.25) is 9.59 Å². The highest BCUT2D eigenvalue weighted by molar-refractivity contribution is 8.00. The predicted octanol–water partition coefficient (Wildman–Crippen LogP) is 1.96. The zero-order valence-corrected chi connectivity index (χ0v) is 12.8. The number of aromatic nitrogens is 2. The zero-order chi connectivity index (χ0) is 16.1. The van der Waals surface area contributed by atoms with Gasteiger partial charge in [-0.1, -0.05) is 42.1 Å². The number of rotatable bonds is 4. The predicted molar refractivity (Wildman–Crippen MR) is 82.3 cm³/mol. The van der Waals surface area contributed by atoms with E-state index in [-0.39, 0.29) is 10.7 Å². The third kappa shape index (κ3) is 3.35. The number of nitrogens with one attached hydrogen (secondary N) is 1. The van der Waals surface area contributed by atoms with E-state index in [1.165, 1.54) is 7.11 Å². The first-order valence-corrected chi connectivity index (χ1v) is 7.29. The maximum atomic E-state index is 12.0. The molecule has 1 aromatic heterocycles. The van der Waals surface area contributed by atoms with E-state index < -0.39 is 16.8 Å². The smallest absolute Gasteiger partial charge is 0.318 e. The average Bonchev–Trinajstić information content (AvgIpc) is 2.54. The Bertz CT molecular complexity index is 781. The molecule has 22 heavy (non-hydrogen) atoms. The molecule has 0 aliphatic heterocycles. The van der Waals surface area contributed by atoms with Crippen LogP contribution in [0, 0.1) is 11.3 Å². The van der Waals surface area contributed by atoms with Crippen molar-refractivity contribution in [3.8, 4) is 17.3 Å². The maximum Gasteiger partial charge on any atom is 0.318 e. The molecule has 1 N–H and O–H groups in total. The van der Waals surface area contributed by atoms with Gasteiger partial charge in [0.25, 0.3) is 5.56 Å². The summed E-state index contributed by atoms with van der Waals surface area (Å²) in [4.78, 5) is 30.3. The average molecular weight is 315 g/mol. The van der Waals surface area contributed by atoms with Gasteiger partial charge >= 0.3 is 5.97 Å². The number of benzene rings is 1. The molecule has 1 heterocycles. The van der Waals surface area contributed by atoms with Gasteiger partial charge in [-0.05, 0) is 6.92 Å². The molecule has 0 fully saturated rings. The summed E-state index contributed by atoms with van der Waals surface area (Å²) in [5, 5.41) is 8.91. The van der Waals surface area contributed by atoms with Crippen LogP contribution in [0.1, 0.15) is 12.5 Å². The van der Waals surface area contributed by atoms with Crippen LogP contribution in [0.2, 0.25) is 0 Å². The summed E-state index contributed by atoms with van der Waals surface area (Å²) in [5.41, 5.74) is 0.376. The van der Waals surface area contributed by atoms with Crippen LogP contribution < -0.4 is 5.56 Å². The van der Waals surface area contributed by atoms with Crippen LogP contribution >= 0.6 is 11.8 Å². The first-order chi connectivity index (χ1) is 10.6. The molecule has 0 saturated heterocycles. The number of nitrogens with zero attached hydrogens (tertiary/aromatic N) is 2. The van der Waals surface area contributed by atoms with Crippen molar-refractivity contribution in [3.63, 3.8) is 0 Å². The lowest BCUT2D eigenvalue weighted by molar-refractivity contribution is -0.139. The lowest BCUT2D eigenvalue weighted by Crippen LogP contribution is -2.19. The number of esters is 1. The second-order valence-electron chi connectivity index (χ2n) is 4.36. The van der Waals surface area contributed by atoms with Gasteiger partial charge in [0, 0.05) is 5.56 Å². The molecule has 0 aliphatic rings. The largest absolute Gasteiger partial charge is 0.468 e. The van der Waals surface area contributed by atoms with Crippen molar-refractivity contribution in [1.82, 2.24) is 9.97 Å². The Morgan fingerprint density at radius 2 is 2.09 bits per heavy atom. The van der Waals surface area contributed by atoms with Crippen LogP contribution in [0.4, 0.5) is 0 Å². The topological polar surface area (TPSA) is 95.8 Å². The minimum absolute atomic E-state index is 0.0544. The van der Waals surface area contributed by atoms with Crippen LogP contribution in [0.5, 0.6) is 0 Å². The van der Waals surface area contributed by atoms with E-state index in [1.807, 2.05) is 12.1 Å². The zero-order valence-electron chi connectivity index (χ0n) is 12.0. The van der Waals surface area contributed by atoms with Crippen LogP contribution in [-0.4, -0.2) is 28.3 Å². The van der Waals surface area contributed by atoms with Gasteiger partial charge in [-0.25, -0.2) is 4.98 Å². The van der Waals surface area contributed by atoms with Gasteiger partial charge < -0.3 is 9.72 Å². The molecule has 2 rings (SSSR count). The first-order valence-electron chi connectivity index (χ1n) is 6.41. The fourth-order valence-corrected chi connectivity index (χ4v) is 2.62. The minimum Gasteiger partial charge on any atom is -0.468 e. The molecule has 0 unspecified atom stereocenters. The van der Waals surface area contributed by atoms with E-state index in [9.17, 15) is 9.59 Å². The lowest BCUT2D eigenvalue weighted by atomic mass is 10.1. The van der Waals surface area contributed by atoms with Gasteiger partial charge in [0.15, 0.2) is 5.16 Å². The molecular weight excluding hydrogens is 302 g/mol. The number of methoxy groups -OCH3 is 1. The number of aromatic amines is 1. The van der Waals surface area contributed by atoms with Crippen LogP contribution in [0.3, 0.4) is 0 Å². The van der Waals surface area contributed by atoms with Crippen molar-refractivity contribution >= 4 is 17.7 Å². The van der Waals surface area contributed by atoms with E-state index >= 15 is 0 Å². The van der Waals surface area contributed by atoms with Crippen LogP contribution in [0.25, 0.3) is 11.3 Å². The molecule has 112 valence electrons. The summed E-state index contributed by atoms with van der Waals surface area (Å²) in [5.74, 6) is -0.418. The van der Waals surface area contributed by atoms with E-state index in [0.29, 0.717) is 11.3 Å². The monoisotopic (exact) mass is 315 g/mol. The van der Waals surface area contributed by atoms with Gasteiger partial charge in [0.1, 0.15) is 16.9 Å². The van der Waals surface area contributed by atoms with Crippen LogP contribution in [-0.2, 0) is 9.53 Å². The Morgan fingerprint density at radius 3 is 2.68 bits per heavy atom. The maximum absolute atomic E-state index is 12.0. The van der Waals surface area contributed by atoms with E-state index in [0.717, 1.165) is 11.8 Å². The molecule has 1 atom stereocenters. The number of hydrogen-bond acceptors (Lipinski definition) is 6. The number of H-pyrrole nitrogens is 1. The summed E-state index contributed by atoms with van der Waals surface area (Å²) in [6, 6.07) is 10.8. The van der Waals surface area contributed by atoms with Crippen molar-refractivity contribution in [3.05, 3.63) is 46.2 Å². The number of hydrogen-bond donors (Lipinski definition) is 1. The van der Waals surface area contributed by atoms with Crippen molar-refractivity contribution in [2.45, 2.75) is 17.3 Å². The lowest BCUT2D eigenvalue weighted by Gasteiger charge is -2.09. The molecule has 0 aliphatic carbocycles. The van der Waals surface area contributed by atoms with E-state index in [1.54, 1.807) is 31.2 Å². The molecule has 7 heteroatoms. The number of nitriles is 1. The summed E-state index contributed by atoms with van der Waals surface area (Å²) >= 11 is 1.07. The quantitative estimate of drug-likeness (QED) is 0.526. The third-order valence-electron chi connectivity index (χ3n) is 2.88. The Labute approximate surface area is 131 Å². The summed E-state index contributed by atoms with van der Waals surface area (Å²) < 4.78 is 4.64. The van der Waals surface area contributed by atoms with Crippen molar-refractivity contribution in [1.29, 1.82) is 5.26 Å². The highest BCUT2D eigenvalue weighted by Gasteiger charge is 2.19. The summed E-state index contributed by atoms with van der Waals surface area (Å²) in [6.07, 6.45) is 0. The normalized spacial score (nSPS) is 11.5. The van der Waals surface area contributed by atoms with E-state index in [4.69, 9.17) is 5.26 Å². The van der Waals surface area contributed by atoms with Gasteiger partial charge in [0.05, 0.1) is 12.8 Å². The highest BCUT2D eigenvalue weighted by atomic mass is 32.2. The Balaban J connectivity index is 2.48. The van der Waals surface area contributed by atoms with Gasteiger partial charge in [0.2, 0.25) is 0 Å². The summed E-state index contributed by atoms with van der Waals surface area (Å²) in [7, 11) is 1.30. The number of ether oxygens (including phenoxy) is 1. The highest BCUT2D eigenvalue weighted by Crippen LogP contribution is 2.24. The Hall–Kier alpha value is -2.59. The molecule has 0 radical (unpaired) electrons. The van der Waals surface area contributed by atoms with Crippen molar-refractivity contribution < 1.29 is 9.53 Å². The van der Waals surface area contributed by atoms with Crippen LogP contribution in [0.15, 0.2) is 40.3 Å². The second kappa shape index (κ2) is 6.91. The summed E-state index contributed by atoms with van der Waals surface area (Å²) in [6.45, 7) is 1.65. The Kier molecular flexibility index (Phi) is 4.96. The van der Waals surface area contributed by atoms with Crippen molar-refractivity contribution in [2.24, 2.45) is 0 Å². The SMILES string of the molecule is COC(=O)[C@@H](C)Sc1nc(-c2ccccc2)c(C#N)c(=O)[nH]1. The van der Waals surface area contributed by atoms with Gasteiger partial charge in [-0.2, -0.15) is 5.26 Å². The van der Waals surface area contributed by atoms with Crippen molar-refractivity contribution in [2.75, 3.05) is 7.11 Å². The molecule has 6 nitrogen and oxygen atoms in total. The molecule has 1 aromatic carbocycles. The number of carbonyl (C=O) groups excluding carboxylic acids is 1. The minimum atomic E-state index is -0.532. The third-order valence-corrected chi connectivity index (χ3v) is 3.84. The molecule has 0 spiro atoms. The first kappa shape index (κ1) is 15.8. The fraction of sp³-hybridized carbons (Fsp3) is 0.200. The molecule has 0 amide bonds. The molecule has 0 bridgehead atoms. The molecular formula is C15H13N3O3S. The molecule has 2 aromatic rings. The fourth-order valence-electron chi connectivity index (χ4n) is 1.80. The molecule has 0 saturated carbocycles. The number of thioether (sulfide) groups is 1. The second-order valence-corrected chi connectivity index (χ2v) is 5.69. The van der Waals surface area contributed by atoms with E-state index in [2.05, 4.69) is 14.7 Å². The Morgan fingerprint density at radius 1 is 1.41 bits per heavy atom. The standard InChI is InChI=1S/C15H13N3O3S/c1-9(14(20)21-2)22-15-17-12(10-6-4-3-5-7-10)11(8-16)13(19)18-15/h3-7,9H,1-2H3,(H,17,18,19)/t9-/m1/s1. The number of carbonyl (C=O) groups is 1.